The van der Waals surface area contributed by atoms with E-state index in [0.29, 0.717) is 0 Å². The topological polar surface area (TPSA) is 86.6 Å². The van der Waals surface area contributed by atoms with E-state index in [0.717, 1.165) is 25.7 Å². The van der Waals surface area contributed by atoms with Crippen LogP contribution >= 0.6 is 0 Å². The van der Waals surface area contributed by atoms with Crippen LogP contribution in [0, 0.1) is 0 Å². The van der Waals surface area contributed by atoms with Crippen molar-refractivity contribution in [3.05, 3.63) is 0 Å². The largest absolute Gasteiger partial charge is 0.481 e. The second-order valence-electron chi connectivity index (χ2n) is 3.76. The summed E-state index contributed by atoms with van der Waals surface area (Å²) in [6.45, 7) is -0.113. The molecule has 0 radical (unpaired) electrons. The first-order valence-electron chi connectivity index (χ1n) is 4.72. The molecule has 1 aliphatic rings. The lowest BCUT2D eigenvalue weighted by molar-refractivity contribution is -0.141. The normalized spacial score (nSPS) is 19.2. The maximum absolute atomic E-state index is 11.2. The van der Waals surface area contributed by atoms with Crippen molar-refractivity contribution in [2.45, 2.75) is 37.6 Å². The Hall–Kier alpha value is -1.10. The predicted octanol–water partition coefficient (Wildman–Crippen LogP) is -0.118. The molecule has 5 nitrogen and oxygen atoms in total. The summed E-state index contributed by atoms with van der Waals surface area (Å²) in [7, 11) is 0. The highest BCUT2D eigenvalue weighted by Crippen LogP contribution is 2.29. The summed E-state index contributed by atoms with van der Waals surface area (Å²) in [4.78, 5) is 21.4. The zero-order valence-electron chi connectivity index (χ0n) is 7.95. The van der Waals surface area contributed by atoms with Crippen LogP contribution in [0.5, 0.6) is 0 Å². The van der Waals surface area contributed by atoms with Gasteiger partial charge in [-0.2, -0.15) is 0 Å². The van der Waals surface area contributed by atoms with Crippen molar-refractivity contribution in [2.24, 2.45) is 0 Å². The lowest BCUT2D eigenvalue weighted by Crippen LogP contribution is -2.49. The minimum atomic E-state index is -1.14. The fraction of sp³-hybridized carbons (Fsp3) is 0.778. The van der Waals surface area contributed by atoms with Gasteiger partial charge < -0.3 is 15.5 Å². The molecule has 5 heteroatoms. The highest BCUT2D eigenvalue weighted by molar-refractivity contribution is 5.93. The predicted molar refractivity (Wildman–Crippen MR) is 48.7 cm³/mol. The average molecular weight is 201 g/mol. The van der Waals surface area contributed by atoms with Crippen LogP contribution in [0.3, 0.4) is 0 Å². The van der Waals surface area contributed by atoms with Crippen LogP contribution in [0.4, 0.5) is 0 Å². The summed E-state index contributed by atoms with van der Waals surface area (Å²) in [5.41, 5.74) is -0.563. The molecule has 0 aromatic heterocycles. The molecular weight excluding hydrogens is 186 g/mol. The van der Waals surface area contributed by atoms with Gasteiger partial charge in [0.2, 0.25) is 5.91 Å². The van der Waals surface area contributed by atoms with E-state index in [1.807, 2.05) is 0 Å². The van der Waals surface area contributed by atoms with Crippen molar-refractivity contribution < 1.29 is 19.8 Å². The van der Waals surface area contributed by atoms with Crippen molar-refractivity contribution >= 4 is 11.9 Å². The van der Waals surface area contributed by atoms with Gasteiger partial charge >= 0.3 is 5.97 Å². The molecule has 80 valence electrons. The number of carboxylic acid groups (broad SMARTS) is 1. The van der Waals surface area contributed by atoms with E-state index in [1.54, 1.807) is 0 Å². The first kappa shape index (κ1) is 11.0. The molecule has 1 aliphatic carbocycles. The monoisotopic (exact) mass is 201 g/mol. The number of carbonyl (C=O) groups is 2. The van der Waals surface area contributed by atoms with Crippen molar-refractivity contribution in [1.82, 2.24) is 5.32 Å². The summed E-state index contributed by atoms with van der Waals surface area (Å²) < 4.78 is 0. The highest BCUT2D eigenvalue weighted by atomic mass is 16.4. The maximum Gasteiger partial charge on any atom is 0.312 e. The van der Waals surface area contributed by atoms with E-state index in [2.05, 4.69) is 5.32 Å². The van der Waals surface area contributed by atoms with Crippen molar-refractivity contribution in [2.75, 3.05) is 6.61 Å². The average Bonchev–Trinajstić information content (AvgIpc) is 2.52. The van der Waals surface area contributed by atoms with E-state index in [-0.39, 0.29) is 6.61 Å². The first-order valence-corrected chi connectivity index (χ1v) is 4.72. The number of amides is 1. The highest BCUT2D eigenvalue weighted by Gasteiger charge is 2.34. The third kappa shape index (κ3) is 2.70. The molecule has 0 unspecified atom stereocenters. The molecule has 1 fully saturated rings. The summed E-state index contributed by atoms with van der Waals surface area (Å²) in [5.74, 6) is -1.66. The van der Waals surface area contributed by atoms with Gasteiger partial charge in [-0.15, -0.1) is 0 Å². The Bertz CT molecular complexity index is 233. The molecule has 0 atom stereocenters. The number of nitrogens with one attached hydrogen (secondary N) is 1. The Kier molecular flexibility index (Phi) is 3.46. The summed E-state index contributed by atoms with van der Waals surface area (Å²) in [5, 5.41) is 20.1. The molecule has 1 amide bonds. The van der Waals surface area contributed by atoms with E-state index in [1.165, 1.54) is 0 Å². The number of carboxylic acids is 1. The van der Waals surface area contributed by atoms with Crippen molar-refractivity contribution in [3.8, 4) is 0 Å². The summed E-state index contributed by atoms with van der Waals surface area (Å²) in [6.07, 6.45) is 2.87. The zero-order chi connectivity index (χ0) is 10.6. The van der Waals surface area contributed by atoms with Gasteiger partial charge in [-0.3, -0.25) is 9.59 Å². The zero-order valence-corrected chi connectivity index (χ0v) is 7.95. The minimum Gasteiger partial charge on any atom is -0.481 e. The Labute approximate surface area is 82.1 Å². The van der Waals surface area contributed by atoms with Gasteiger partial charge in [0.05, 0.1) is 12.1 Å². The number of aliphatic hydroxyl groups excluding tert-OH is 1. The van der Waals surface area contributed by atoms with E-state index >= 15 is 0 Å². The smallest absolute Gasteiger partial charge is 0.312 e. The van der Waals surface area contributed by atoms with Gasteiger partial charge in [0.1, 0.15) is 6.42 Å². The second-order valence-corrected chi connectivity index (χ2v) is 3.76. The Balaban J connectivity index is 2.47. The van der Waals surface area contributed by atoms with Gasteiger partial charge in [-0.25, -0.2) is 0 Å². The van der Waals surface area contributed by atoms with Crippen LogP contribution in [0.15, 0.2) is 0 Å². The van der Waals surface area contributed by atoms with Crippen LogP contribution in [-0.2, 0) is 9.59 Å². The molecular formula is C9H15NO4. The lowest BCUT2D eigenvalue weighted by atomic mass is 9.99. The summed E-state index contributed by atoms with van der Waals surface area (Å²) >= 11 is 0. The van der Waals surface area contributed by atoms with Gasteiger partial charge in [0, 0.05) is 0 Å². The lowest BCUT2D eigenvalue weighted by Gasteiger charge is -2.27. The minimum absolute atomic E-state index is 0.113. The van der Waals surface area contributed by atoms with E-state index < -0.39 is 23.8 Å². The van der Waals surface area contributed by atoms with Crippen LogP contribution in [-0.4, -0.2) is 34.2 Å². The van der Waals surface area contributed by atoms with Gasteiger partial charge in [0.25, 0.3) is 0 Å². The van der Waals surface area contributed by atoms with Gasteiger partial charge in [0.15, 0.2) is 0 Å². The fourth-order valence-electron chi connectivity index (χ4n) is 1.85. The first-order chi connectivity index (χ1) is 6.58. The molecule has 0 aromatic rings. The van der Waals surface area contributed by atoms with Crippen molar-refractivity contribution in [1.29, 1.82) is 0 Å². The molecule has 1 saturated carbocycles. The molecule has 0 heterocycles. The number of aliphatic hydroxyl groups is 1. The molecule has 14 heavy (non-hydrogen) atoms. The Morgan fingerprint density at radius 1 is 1.29 bits per heavy atom. The molecule has 0 spiro atoms. The standard InChI is InChI=1S/C9H15NO4/c11-6-9(3-1-2-4-9)10-7(12)5-8(13)14/h11H,1-6H2,(H,10,12)(H,13,14). The fourth-order valence-corrected chi connectivity index (χ4v) is 1.85. The SMILES string of the molecule is O=C(O)CC(=O)NC1(CO)CCCC1. The van der Waals surface area contributed by atoms with Crippen LogP contribution in [0.2, 0.25) is 0 Å². The van der Waals surface area contributed by atoms with Crippen molar-refractivity contribution in [3.63, 3.8) is 0 Å². The van der Waals surface area contributed by atoms with Crippen LogP contribution in [0.25, 0.3) is 0 Å². The van der Waals surface area contributed by atoms with Gasteiger partial charge in [-0.05, 0) is 12.8 Å². The molecule has 0 aromatic carbocycles. The maximum atomic E-state index is 11.2. The Morgan fingerprint density at radius 3 is 2.29 bits per heavy atom. The third-order valence-corrected chi connectivity index (χ3v) is 2.58. The van der Waals surface area contributed by atoms with E-state index in [4.69, 9.17) is 10.2 Å². The number of hydrogen-bond acceptors (Lipinski definition) is 3. The molecule has 0 saturated heterocycles. The third-order valence-electron chi connectivity index (χ3n) is 2.58. The van der Waals surface area contributed by atoms with Crippen LogP contribution in [0.1, 0.15) is 32.1 Å². The summed E-state index contributed by atoms with van der Waals surface area (Å²) in [6, 6.07) is 0. The second kappa shape index (κ2) is 4.41. The Morgan fingerprint density at radius 2 is 1.86 bits per heavy atom. The molecule has 0 bridgehead atoms. The number of carbonyl (C=O) groups excluding carboxylic acids is 1. The van der Waals surface area contributed by atoms with Crippen LogP contribution < -0.4 is 5.32 Å². The van der Waals surface area contributed by atoms with E-state index in [9.17, 15) is 9.59 Å². The number of rotatable bonds is 4. The van der Waals surface area contributed by atoms with Gasteiger partial charge in [-0.1, -0.05) is 12.8 Å². The molecule has 1 rings (SSSR count). The number of aliphatic carboxylic acids is 1. The molecule has 3 N–H and O–H groups in total. The number of hydrogen-bond donors (Lipinski definition) is 3. The quantitative estimate of drug-likeness (QED) is 0.553. The molecule has 0 aliphatic heterocycles.